The third-order valence-electron chi connectivity index (χ3n) is 3.30. The zero-order valence-corrected chi connectivity index (χ0v) is 12.2. The first-order chi connectivity index (χ1) is 9.15. The summed E-state index contributed by atoms with van der Waals surface area (Å²) in [5.41, 5.74) is 1.10. The van der Waals surface area contributed by atoms with Crippen LogP contribution < -0.4 is 10.1 Å². The summed E-state index contributed by atoms with van der Waals surface area (Å²) in [7, 11) is 0. The molecule has 1 aromatic carbocycles. The predicted octanol–water partition coefficient (Wildman–Crippen LogP) is 3.70. The van der Waals surface area contributed by atoms with E-state index in [9.17, 15) is 0 Å². The molecule has 19 heavy (non-hydrogen) atoms. The minimum absolute atomic E-state index is 0.343. The fraction of sp³-hybridized carbons (Fsp3) is 0.625. The summed E-state index contributed by atoms with van der Waals surface area (Å²) >= 11 is 0. The fourth-order valence-corrected chi connectivity index (χ4v) is 2.32. The van der Waals surface area contributed by atoms with Crippen molar-refractivity contribution in [2.45, 2.75) is 45.8 Å². The van der Waals surface area contributed by atoms with Crippen LogP contribution in [-0.4, -0.2) is 25.4 Å². The molecule has 1 N–H and O–H groups in total. The van der Waals surface area contributed by atoms with Crippen molar-refractivity contribution in [3.8, 4) is 5.75 Å². The molecule has 0 aliphatic carbocycles. The van der Waals surface area contributed by atoms with Crippen molar-refractivity contribution in [3.63, 3.8) is 0 Å². The Morgan fingerprint density at radius 2 is 2.16 bits per heavy atom. The van der Waals surface area contributed by atoms with E-state index >= 15 is 0 Å². The van der Waals surface area contributed by atoms with Gasteiger partial charge in [-0.05, 0) is 37.8 Å². The van der Waals surface area contributed by atoms with E-state index in [-0.39, 0.29) is 0 Å². The van der Waals surface area contributed by atoms with Crippen LogP contribution in [0.3, 0.4) is 0 Å². The van der Waals surface area contributed by atoms with Crippen LogP contribution in [0, 0.1) is 5.92 Å². The Kier molecular flexibility index (Phi) is 5.08. The van der Waals surface area contributed by atoms with E-state index in [1.807, 2.05) is 18.2 Å². The summed E-state index contributed by atoms with van der Waals surface area (Å²) in [5.74, 6) is 1.49. The molecule has 0 aromatic heterocycles. The van der Waals surface area contributed by atoms with Crippen LogP contribution in [0.5, 0.6) is 5.75 Å². The second kappa shape index (κ2) is 6.80. The summed E-state index contributed by atoms with van der Waals surface area (Å²) < 4.78 is 11.5. The second-order valence-electron chi connectivity index (χ2n) is 5.75. The van der Waals surface area contributed by atoms with Crippen LogP contribution in [0.1, 0.15) is 33.6 Å². The Morgan fingerprint density at radius 1 is 1.37 bits per heavy atom. The molecule has 106 valence electrons. The van der Waals surface area contributed by atoms with Crippen molar-refractivity contribution in [2.75, 3.05) is 18.5 Å². The highest BCUT2D eigenvalue weighted by Gasteiger charge is 2.20. The lowest BCUT2D eigenvalue weighted by atomic mass is 10.0. The van der Waals surface area contributed by atoms with Crippen molar-refractivity contribution in [3.05, 3.63) is 24.3 Å². The average Bonchev–Trinajstić information content (AvgIpc) is 2.38. The van der Waals surface area contributed by atoms with E-state index in [4.69, 9.17) is 9.47 Å². The third kappa shape index (κ3) is 4.43. The molecule has 1 aromatic rings. The van der Waals surface area contributed by atoms with E-state index < -0.39 is 0 Å². The summed E-state index contributed by atoms with van der Waals surface area (Å²) in [6.07, 6.45) is 2.46. The Morgan fingerprint density at radius 3 is 2.89 bits per heavy atom. The first kappa shape index (κ1) is 14.2. The van der Waals surface area contributed by atoms with Crippen molar-refractivity contribution in [1.29, 1.82) is 0 Å². The summed E-state index contributed by atoms with van der Waals surface area (Å²) in [4.78, 5) is 0. The lowest BCUT2D eigenvalue weighted by Gasteiger charge is -2.29. The molecular weight excluding hydrogens is 238 g/mol. The molecule has 3 nitrogen and oxygen atoms in total. The highest BCUT2D eigenvalue weighted by Crippen LogP contribution is 2.27. The first-order valence-corrected chi connectivity index (χ1v) is 7.25. The molecule has 0 saturated carbocycles. The number of benzene rings is 1. The topological polar surface area (TPSA) is 30.5 Å². The number of anilines is 1. The lowest BCUT2D eigenvalue weighted by molar-refractivity contribution is 0.0232. The van der Waals surface area contributed by atoms with Gasteiger partial charge in [-0.3, -0.25) is 0 Å². The number of ether oxygens (including phenoxy) is 2. The maximum atomic E-state index is 5.87. The van der Waals surface area contributed by atoms with E-state index in [2.05, 4.69) is 32.2 Å². The van der Waals surface area contributed by atoms with E-state index in [0.717, 1.165) is 37.5 Å². The van der Waals surface area contributed by atoms with Crippen LogP contribution in [-0.2, 0) is 4.74 Å². The van der Waals surface area contributed by atoms with E-state index in [1.165, 1.54) is 0 Å². The Hall–Kier alpha value is -1.22. The molecule has 2 rings (SSSR count). The molecular formula is C16H25NO2. The van der Waals surface area contributed by atoms with Gasteiger partial charge in [0.2, 0.25) is 0 Å². The van der Waals surface area contributed by atoms with Gasteiger partial charge in [0.15, 0.2) is 0 Å². The predicted molar refractivity (Wildman–Crippen MR) is 78.8 cm³/mol. The minimum Gasteiger partial charge on any atom is -0.491 e. The maximum absolute atomic E-state index is 5.87. The van der Waals surface area contributed by atoms with Gasteiger partial charge in [0.25, 0.3) is 0 Å². The van der Waals surface area contributed by atoms with Crippen molar-refractivity contribution >= 4 is 5.69 Å². The summed E-state index contributed by atoms with van der Waals surface area (Å²) in [6, 6.07) is 8.68. The maximum Gasteiger partial charge on any atom is 0.142 e. The van der Waals surface area contributed by atoms with Gasteiger partial charge in [-0.1, -0.05) is 26.0 Å². The quantitative estimate of drug-likeness (QED) is 0.878. The van der Waals surface area contributed by atoms with Crippen LogP contribution in [0.2, 0.25) is 0 Å². The largest absolute Gasteiger partial charge is 0.491 e. The number of hydrogen-bond donors (Lipinski definition) is 1. The van der Waals surface area contributed by atoms with Crippen LogP contribution in [0.25, 0.3) is 0 Å². The first-order valence-electron chi connectivity index (χ1n) is 7.25. The third-order valence-corrected chi connectivity index (χ3v) is 3.30. The van der Waals surface area contributed by atoms with Gasteiger partial charge in [-0.2, -0.15) is 0 Å². The van der Waals surface area contributed by atoms with Crippen LogP contribution in [0.15, 0.2) is 24.3 Å². The number of rotatable bonds is 5. The Bertz CT molecular complexity index is 392. The molecule has 3 heteroatoms. The highest BCUT2D eigenvalue weighted by molar-refractivity contribution is 5.56. The zero-order valence-electron chi connectivity index (χ0n) is 12.2. The van der Waals surface area contributed by atoms with Gasteiger partial charge in [0, 0.05) is 12.6 Å². The molecule has 0 bridgehead atoms. The molecule has 1 saturated heterocycles. The summed E-state index contributed by atoms with van der Waals surface area (Å²) in [5, 5.41) is 3.60. The SMILES string of the molecule is CC(C)COc1ccccc1NC1CCOC(C)C1. The normalized spacial score (nSPS) is 23.4. The number of hydrogen-bond acceptors (Lipinski definition) is 3. The number of nitrogens with one attached hydrogen (secondary N) is 1. The van der Waals surface area contributed by atoms with Crippen molar-refractivity contribution in [1.82, 2.24) is 0 Å². The standard InChI is InChI=1S/C16H25NO2/c1-12(2)11-19-16-7-5-4-6-15(16)17-14-8-9-18-13(3)10-14/h4-7,12-14,17H,8-11H2,1-3H3. The zero-order chi connectivity index (χ0) is 13.7. The Labute approximate surface area is 116 Å². The van der Waals surface area contributed by atoms with Crippen molar-refractivity contribution < 1.29 is 9.47 Å². The molecule has 1 aliphatic rings. The molecule has 1 aliphatic heterocycles. The minimum atomic E-state index is 0.343. The molecule has 0 radical (unpaired) electrons. The molecule has 0 spiro atoms. The monoisotopic (exact) mass is 263 g/mol. The van der Waals surface area contributed by atoms with Gasteiger partial charge >= 0.3 is 0 Å². The summed E-state index contributed by atoms with van der Waals surface area (Å²) in [6.45, 7) is 8.05. The van der Waals surface area contributed by atoms with Crippen LogP contribution >= 0.6 is 0 Å². The second-order valence-corrected chi connectivity index (χ2v) is 5.75. The highest BCUT2D eigenvalue weighted by atomic mass is 16.5. The van der Waals surface area contributed by atoms with E-state index in [0.29, 0.717) is 18.1 Å². The smallest absolute Gasteiger partial charge is 0.142 e. The van der Waals surface area contributed by atoms with Gasteiger partial charge in [0.1, 0.15) is 5.75 Å². The lowest BCUT2D eigenvalue weighted by Crippen LogP contribution is -2.32. The average molecular weight is 263 g/mol. The molecule has 0 amide bonds. The van der Waals surface area contributed by atoms with Gasteiger partial charge in [0.05, 0.1) is 18.4 Å². The molecule has 1 fully saturated rings. The molecule has 2 atom stereocenters. The molecule has 1 heterocycles. The van der Waals surface area contributed by atoms with Gasteiger partial charge in [-0.25, -0.2) is 0 Å². The van der Waals surface area contributed by atoms with Crippen molar-refractivity contribution in [2.24, 2.45) is 5.92 Å². The van der Waals surface area contributed by atoms with Gasteiger partial charge in [-0.15, -0.1) is 0 Å². The molecule has 2 unspecified atom stereocenters. The Balaban J connectivity index is 1.98. The van der Waals surface area contributed by atoms with Crippen LogP contribution in [0.4, 0.5) is 5.69 Å². The van der Waals surface area contributed by atoms with Gasteiger partial charge < -0.3 is 14.8 Å². The fourth-order valence-electron chi connectivity index (χ4n) is 2.32. The number of para-hydroxylation sites is 2. The van der Waals surface area contributed by atoms with E-state index in [1.54, 1.807) is 0 Å².